The molecule has 3 nitrogen and oxygen atoms in total. The van der Waals surface area contributed by atoms with Gasteiger partial charge in [0, 0.05) is 19.6 Å². The first kappa shape index (κ1) is 19.1. The van der Waals surface area contributed by atoms with E-state index in [0.29, 0.717) is 0 Å². The van der Waals surface area contributed by atoms with E-state index in [9.17, 15) is 4.39 Å². The predicted octanol–water partition coefficient (Wildman–Crippen LogP) is 3.34. The maximum atomic E-state index is 12.8. The van der Waals surface area contributed by atoms with Gasteiger partial charge in [-0.3, -0.25) is 4.99 Å². The molecule has 5 heteroatoms. The molecule has 0 aromatic heterocycles. The van der Waals surface area contributed by atoms with Crippen LogP contribution in [0.3, 0.4) is 0 Å². The molecule has 0 bridgehead atoms. The third-order valence-corrected chi connectivity index (χ3v) is 2.75. The fourth-order valence-corrected chi connectivity index (χ4v) is 1.67. The van der Waals surface area contributed by atoms with Gasteiger partial charge in [0.25, 0.3) is 0 Å². The Balaban J connectivity index is 0.00000361. The molecule has 20 heavy (non-hydrogen) atoms. The molecule has 0 aliphatic heterocycles. The molecule has 0 aliphatic carbocycles. The van der Waals surface area contributed by atoms with E-state index in [2.05, 4.69) is 29.5 Å². The highest BCUT2D eigenvalue weighted by molar-refractivity contribution is 14.0. The van der Waals surface area contributed by atoms with Gasteiger partial charge < -0.3 is 10.6 Å². The maximum absolute atomic E-state index is 12.8. The third-order valence-electron chi connectivity index (χ3n) is 2.75. The summed E-state index contributed by atoms with van der Waals surface area (Å²) in [5.41, 5.74) is 1.12. The second-order valence-electron chi connectivity index (χ2n) is 4.42. The van der Waals surface area contributed by atoms with E-state index < -0.39 is 0 Å². The summed E-state index contributed by atoms with van der Waals surface area (Å²) in [7, 11) is 0. The monoisotopic (exact) mass is 393 g/mol. The first-order chi connectivity index (χ1) is 9.26. The molecule has 1 aromatic rings. The second kappa shape index (κ2) is 11.9. The zero-order valence-corrected chi connectivity index (χ0v) is 14.6. The average Bonchev–Trinajstić information content (AvgIpc) is 2.41. The summed E-state index contributed by atoms with van der Waals surface area (Å²) in [5, 5.41) is 6.50. The van der Waals surface area contributed by atoms with Crippen molar-refractivity contribution in [2.75, 3.05) is 19.6 Å². The van der Waals surface area contributed by atoms with E-state index in [1.165, 1.54) is 12.1 Å². The van der Waals surface area contributed by atoms with Crippen molar-refractivity contribution in [3.05, 3.63) is 35.6 Å². The summed E-state index contributed by atoms with van der Waals surface area (Å²) in [4.78, 5) is 4.48. The zero-order chi connectivity index (χ0) is 13.9. The molecule has 0 spiro atoms. The molecule has 0 amide bonds. The van der Waals surface area contributed by atoms with Crippen molar-refractivity contribution in [3.8, 4) is 0 Å². The molecule has 0 radical (unpaired) electrons. The highest BCUT2D eigenvalue weighted by Gasteiger charge is 1.98. The lowest BCUT2D eigenvalue weighted by atomic mass is 10.1. The molecule has 0 aliphatic rings. The summed E-state index contributed by atoms with van der Waals surface area (Å²) in [6.07, 6.45) is 3.12. The number of hydrogen-bond donors (Lipinski definition) is 2. The molecular weight excluding hydrogens is 368 g/mol. The lowest BCUT2D eigenvalue weighted by Crippen LogP contribution is -2.38. The number of nitrogens with zero attached hydrogens (tertiary/aromatic N) is 1. The molecule has 0 saturated carbocycles. The van der Waals surface area contributed by atoms with Gasteiger partial charge in [-0.15, -0.1) is 24.0 Å². The summed E-state index contributed by atoms with van der Waals surface area (Å²) in [5.74, 6) is 0.671. The number of benzene rings is 1. The Bertz CT molecular complexity index is 379. The van der Waals surface area contributed by atoms with Crippen LogP contribution in [0.1, 0.15) is 32.3 Å². The Labute approximate surface area is 138 Å². The number of halogens is 2. The molecule has 0 unspecified atom stereocenters. The van der Waals surface area contributed by atoms with Gasteiger partial charge in [0.2, 0.25) is 0 Å². The fourth-order valence-electron chi connectivity index (χ4n) is 1.67. The van der Waals surface area contributed by atoms with Crippen molar-refractivity contribution in [2.45, 2.75) is 33.1 Å². The van der Waals surface area contributed by atoms with Gasteiger partial charge in [0.15, 0.2) is 5.96 Å². The van der Waals surface area contributed by atoms with Crippen LogP contribution in [0.25, 0.3) is 0 Å². The van der Waals surface area contributed by atoms with Gasteiger partial charge in [0.05, 0.1) is 0 Å². The van der Waals surface area contributed by atoms with Crippen molar-refractivity contribution in [1.29, 1.82) is 0 Å². The van der Waals surface area contributed by atoms with E-state index in [-0.39, 0.29) is 29.8 Å². The highest BCUT2D eigenvalue weighted by atomic mass is 127. The van der Waals surface area contributed by atoms with Crippen molar-refractivity contribution in [3.63, 3.8) is 0 Å². The van der Waals surface area contributed by atoms with E-state index in [4.69, 9.17) is 0 Å². The molecule has 0 fully saturated rings. The highest BCUT2D eigenvalue weighted by Crippen LogP contribution is 2.02. The molecule has 0 atom stereocenters. The van der Waals surface area contributed by atoms with Gasteiger partial charge in [-0.25, -0.2) is 4.39 Å². The van der Waals surface area contributed by atoms with Crippen LogP contribution in [0.15, 0.2) is 29.3 Å². The Morgan fingerprint density at radius 3 is 2.45 bits per heavy atom. The van der Waals surface area contributed by atoms with Gasteiger partial charge >= 0.3 is 0 Å². The summed E-state index contributed by atoms with van der Waals surface area (Å²) in [6, 6.07) is 6.63. The molecular formula is C15H25FIN3. The normalized spacial score (nSPS) is 10.8. The zero-order valence-electron chi connectivity index (χ0n) is 12.3. The second-order valence-corrected chi connectivity index (χ2v) is 4.42. The standard InChI is InChI=1S/C15H24FN3.HI/c1-3-5-11-18-15(17-4-2)19-12-10-13-6-8-14(16)9-7-13;/h6-9H,3-5,10-12H2,1-2H3,(H2,17,18,19);1H. The predicted molar refractivity (Wildman–Crippen MR) is 94.4 cm³/mol. The van der Waals surface area contributed by atoms with Crippen LogP contribution in [0, 0.1) is 5.82 Å². The van der Waals surface area contributed by atoms with Crippen LogP contribution < -0.4 is 10.6 Å². The number of unbranched alkanes of at least 4 members (excludes halogenated alkanes) is 1. The van der Waals surface area contributed by atoms with Gasteiger partial charge in [-0.05, 0) is 37.5 Å². The smallest absolute Gasteiger partial charge is 0.191 e. The molecule has 1 aromatic carbocycles. The topological polar surface area (TPSA) is 36.4 Å². The molecule has 114 valence electrons. The number of rotatable bonds is 7. The Kier molecular flexibility index (Phi) is 11.4. The van der Waals surface area contributed by atoms with E-state index in [1.807, 2.05) is 12.1 Å². The minimum absolute atomic E-state index is 0. The Morgan fingerprint density at radius 1 is 1.15 bits per heavy atom. The number of aliphatic imine (C=N–C) groups is 1. The van der Waals surface area contributed by atoms with Crippen LogP contribution in [0.4, 0.5) is 4.39 Å². The molecule has 1 rings (SSSR count). The van der Waals surface area contributed by atoms with Crippen molar-refractivity contribution >= 4 is 29.9 Å². The molecule has 0 saturated heterocycles. The lowest BCUT2D eigenvalue weighted by molar-refractivity contribution is 0.626. The first-order valence-corrected chi connectivity index (χ1v) is 7.03. The SMILES string of the molecule is CCCCN=C(NCC)NCCc1ccc(F)cc1.I. The summed E-state index contributed by atoms with van der Waals surface area (Å²) >= 11 is 0. The Hall–Kier alpha value is -0.850. The molecule has 0 heterocycles. The molecule has 2 N–H and O–H groups in total. The minimum atomic E-state index is -0.189. The van der Waals surface area contributed by atoms with Crippen molar-refractivity contribution in [2.24, 2.45) is 4.99 Å². The first-order valence-electron chi connectivity index (χ1n) is 7.03. The van der Waals surface area contributed by atoms with Gasteiger partial charge in [-0.1, -0.05) is 25.5 Å². The van der Waals surface area contributed by atoms with Gasteiger partial charge in [0.1, 0.15) is 5.82 Å². The van der Waals surface area contributed by atoms with Crippen LogP contribution >= 0.6 is 24.0 Å². The summed E-state index contributed by atoms with van der Waals surface area (Å²) < 4.78 is 12.8. The van der Waals surface area contributed by atoms with E-state index in [1.54, 1.807) is 0 Å². The van der Waals surface area contributed by atoms with E-state index in [0.717, 1.165) is 50.4 Å². The maximum Gasteiger partial charge on any atom is 0.191 e. The van der Waals surface area contributed by atoms with Crippen LogP contribution in [-0.2, 0) is 6.42 Å². The van der Waals surface area contributed by atoms with Crippen LogP contribution in [0.5, 0.6) is 0 Å². The Morgan fingerprint density at radius 2 is 1.85 bits per heavy atom. The largest absolute Gasteiger partial charge is 0.357 e. The third kappa shape index (κ3) is 8.35. The van der Waals surface area contributed by atoms with Gasteiger partial charge in [-0.2, -0.15) is 0 Å². The summed E-state index contributed by atoms with van der Waals surface area (Å²) in [6.45, 7) is 6.71. The quantitative estimate of drug-likeness (QED) is 0.323. The number of guanidine groups is 1. The number of hydrogen-bond acceptors (Lipinski definition) is 1. The van der Waals surface area contributed by atoms with E-state index >= 15 is 0 Å². The average molecular weight is 393 g/mol. The lowest BCUT2D eigenvalue weighted by Gasteiger charge is -2.11. The van der Waals surface area contributed by atoms with Crippen molar-refractivity contribution in [1.82, 2.24) is 10.6 Å². The van der Waals surface area contributed by atoms with Crippen molar-refractivity contribution < 1.29 is 4.39 Å². The van der Waals surface area contributed by atoms with Crippen LogP contribution in [0.2, 0.25) is 0 Å². The minimum Gasteiger partial charge on any atom is -0.357 e. The number of nitrogens with one attached hydrogen (secondary N) is 2. The fraction of sp³-hybridized carbons (Fsp3) is 0.533. The van der Waals surface area contributed by atoms with Crippen LogP contribution in [-0.4, -0.2) is 25.6 Å².